The van der Waals surface area contributed by atoms with E-state index in [2.05, 4.69) is 20.9 Å². The van der Waals surface area contributed by atoms with Crippen molar-refractivity contribution in [2.45, 2.75) is 11.8 Å². The van der Waals surface area contributed by atoms with E-state index < -0.39 is 23.3 Å². The van der Waals surface area contributed by atoms with E-state index in [9.17, 15) is 13.6 Å². The van der Waals surface area contributed by atoms with Crippen LogP contribution in [0.15, 0.2) is 10.9 Å². The van der Waals surface area contributed by atoms with Crippen LogP contribution in [0.2, 0.25) is 0 Å². The van der Waals surface area contributed by atoms with Gasteiger partial charge in [-0.05, 0) is 0 Å². The van der Waals surface area contributed by atoms with Crippen LogP contribution >= 0.6 is 15.9 Å². The van der Waals surface area contributed by atoms with Gasteiger partial charge in [0.1, 0.15) is 5.75 Å². The molecule has 13 heavy (non-hydrogen) atoms. The van der Waals surface area contributed by atoms with E-state index in [1.165, 1.54) is 0 Å². The van der Waals surface area contributed by atoms with Crippen molar-refractivity contribution >= 4 is 15.9 Å². The van der Waals surface area contributed by atoms with Gasteiger partial charge in [0.05, 0.1) is 5.56 Å². The average Bonchev–Trinajstić information content (AvgIpc) is 2.01. The predicted octanol–water partition coefficient (Wildman–Crippen LogP) is 1.91. The van der Waals surface area contributed by atoms with Crippen LogP contribution in [0.25, 0.3) is 0 Å². The summed E-state index contributed by atoms with van der Waals surface area (Å²) in [5.74, 6) is -0.673. The molecule has 1 rings (SSSR count). The quantitative estimate of drug-likeness (QED) is 0.792. The Labute approximate surface area is 80.5 Å². The molecule has 0 aliphatic rings. The normalized spacial score (nSPS) is 10.8. The number of aromatic nitrogens is 1. The number of hydrogen-bond acceptors (Lipinski definition) is 2. The molecule has 3 nitrogen and oxygen atoms in total. The fourth-order valence-electron chi connectivity index (χ4n) is 0.958. The third kappa shape index (κ3) is 2.06. The van der Waals surface area contributed by atoms with Gasteiger partial charge in [-0.2, -0.15) is 0 Å². The maximum absolute atomic E-state index is 12.3. The zero-order valence-electron chi connectivity index (χ0n) is 6.35. The lowest BCUT2D eigenvalue weighted by Crippen LogP contribution is -2.09. The van der Waals surface area contributed by atoms with Crippen LogP contribution in [0, 0.1) is 0 Å². The molecule has 1 heterocycles. The number of hydrogen-bond donors (Lipinski definition) is 2. The smallest absolute Gasteiger partial charge is 0.269 e. The zero-order valence-corrected chi connectivity index (χ0v) is 7.94. The Kier molecular flexibility index (Phi) is 3.02. The van der Waals surface area contributed by atoms with Gasteiger partial charge in [0.2, 0.25) is 0 Å². The molecule has 2 N–H and O–H groups in total. The first-order valence-corrected chi connectivity index (χ1v) is 4.47. The van der Waals surface area contributed by atoms with Crippen LogP contribution < -0.4 is 5.56 Å². The Morgan fingerprint density at radius 3 is 2.69 bits per heavy atom. The van der Waals surface area contributed by atoms with E-state index in [-0.39, 0.29) is 11.0 Å². The van der Waals surface area contributed by atoms with Gasteiger partial charge in [-0.15, -0.1) is 0 Å². The number of H-pyrrole nitrogens is 1. The van der Waals surface area contributed by atoms with Crippen molar-refractivity contribution in [1.82, 2.24) is 4.98 Å². The van der Waals surface area contributed by atoms with Gasteiger partial charge >= 0.3 is 0 Å². The lowest BCUT2D eigenvalue weighted by Gasteiger charge is -2.07. The molecule has 0 saturated heterocycles. The molecular formula is C7H6BrF2NO2. The standard InChI is InChI=1S/C7H6BrF2NO2/c8-2-3-6(7(9)10)4(12)1-5(13)11-3/h1,7H,2H2,(H2,11,12,13). The largest absolute Gasteiger partial charge is 0.507 e. The Morgan fingerprint density at radius 2 is 2.23 bits per heavy atom. The fourth-order valence-corrected chi connectivity index (χ4v) is 1.40. The summed E-state index contributed by atoms with van der Waals surface area (Å²) >= 11 is 2.93. The molecule has 0 unspecified atom stereocenters. The van der Waals surface area contributed by atoms with Gasteiger partial charge in [-0.3, -0.25) is 4.79 Å². The molecule has 0 bridgehead atoms. The fraction of sp³-hybridized carbons (Fsp3) is 0.286. The second-order valence-electron chi connectivity index (χ2n) is 2.35. The Hall–Kier alpha value is -0.910. The van der Waals surface area contributed by atoms with Crippen molar-refractivity contribution in [2.75, 3.05) is 0 Å². The van der Waals surface area contributed by atoms with Gasteiger partial charge in [-0.1, -0.05) is 15.9 Å². The highest BCUT2D eigenvalue weighted by Gasteiger charge is 2.18. The summed E-state index contributed by atoms with van der Waals surface area (Å²) in [5.41, 5.74) is -1.13. The summed E-state index contributed by atoms with van der Waals surface area (Å²) in [5, 5.41) is 9.12. The molecule has 0 fully saturated rings. The predicted molar refractivity (Wildman–Crippen MR) is 46.3 cm³/mol. The molecule has 0 spiro atoms. The first-order valence-electron chi connectivity index (χ1n) is 3.35. The van der Waals surface area contributed by atoms with Crippen LogP contribution in [0.5, 0.6) is 5.75 Å². The van der Waals surface area contributed by atoms with Crippen molar-refractivity contribution in [3.63, 3.8) is 0 Å². The molecule has 1 aromatic rings. The second kappa shape index (κ2) is 3.87. The highest BCUT2D eigenvalue weighted by molar-refractivity contribution is 9.08. The van der Waals surface area contributed by atoms with Crippen molar-refractivity contribution < 1.29 is 13.9 Å². The molecule has 0 radical (unpaired) electrons. The van der Waals surface area contributed by atoms with E-state index in [4.69, 9.17) is 5.11 Å². The molecule has 0 amide bonds. The molecule has 0 aliphatic heterocycles. The summed E-state index contributed by atoms with van der Waals surface area (Å²) in [4.78, 5) is 13.0. The highest BCUT2D eigenvalue weighted by atomic mass is 79.9. The first-order chi connectivity index (χ1) is 6.06. The monoisotopic (exact) mass is 253 g/mol. The maximum atomic E-state index is 12.3. The number of nitrogens with one attached hydrogen (secondary N) is 1. The summed E-state index contributed by atoms with van der Waals surface area (Å²) in [6.45, 7) is 0. The second-order valence-corrected chi connectivity index (χ2v) is 2.91. The molecule has 1 aromatic heterocycles. The number of halogens is 3. The topological polar surface area (TPSA) is 53.1 Å². The van der Waals surface area contributed by atoms with Crippen LogP contribution in [-0.4, -0.2) is 10.1 Å². The Bertz CT molecular complexity index is 364. The number of pyridine rings is 1. The van der Waals surface area contributed by atoms with Crippen LogP contribution in [0.4, 0.5) is 8.78 Å². The van der Waals surface area contributed by atoms with E-state index in [0.29, 0.717) is 0 Å². The first kappa shape index (κ1) is 10.2. The van der Waals surface area contributed by atoms with E-state index in [1.807, 2.05) is 0 Å². The number of aromatic amines is 1. The van der Waals surface area contributed by atoms with Gasteiger partial charge < -0.3 is 10.1 Å². The molecule has 0 aromatic carbocycles. The number of rotatable bonds is 2. The van der Waals surface area contributed by atoms with Crippen molar-refractivity contribution in [2.24, 2.45) is 0 Å². The Morgan fingerprint density at radius 1 is 1.62 bits per heavy atom. The molecule has 0 atom stereocenters. The summed E-state index contributed by atoms with van der Waals surface area (Å²) in [7, 11) is 0. The molecule has 6 heteroatoms. The van der Waals surface area contributed by atoms with Crippen LogP contribution in [0.3, 0.4) is 0 Å². The SMILES string of the molecule is O=c1cc(O)c(C(F)F)c(CBr)[nH]1. The van der Waals surface area contributed by atoms with Crippen LogP contribution in [-0.2, 0) is 5.33 Å². The minimum absolute atomic E-state index is 0.000000000000000222. The molecule has 0 aliphatic carbocycles. The van der Waals surface area contributed by atoms with E-state index in [1.54, 1.807) is 0 Å². The Balaban J connectivity index is 3.38. The summed E-state index contributed by atoms with van der Waals surface area (Å²) in [6, 6.07) is 0.730. The summed E-state index contributed by atoms with van der Waals surface area (Å²) < 4.78 is 24.6. The van der Waals surface area contributed by atoms with Crippen molar-refractivity contribution in [3.05, 3.63) is 27.7 Å². The summed E-state index contributed by atoms with van der Waals surface area (Å²) in [6.07, 6.45) is -2.80. The molecule has 72 valence electrons. The minimum atomic E-state index is -2.80. The molecular weight excluding hydrogens is 248 g/mol. The van der Waals surface area contributed by atoms with Gasteiger partial charge in [0, 0.05) is 17.1 Å². The van der Waals surface area contributed by atoms with E-state index >= 15 is 0 Å². The van der Waals surface area contributed by atoms with Gasteiger partial charge in [0.25, 0.3) is 12.0 Å². The minimum Gasteiger partial charge on any atom is -0.507 e. The maximum Gasteiger partial charge on any atom is 0.269 e. The lowest BCUT2D eigenvalue weighted by atomic mass is 10.2. The van der Waals surface area contributed by atoms with E-state index in [0.717, 1.165) is 6.07 Å². The third-order valence-corrected chi connectivity index (χ3v) is 2.06. The van der Waals surface area contributed by atoms with Crippen molar-refractivity contribution in [1.29, 1.82) is 0 Å². The van der Waals surface area contributed by atoms with Crippen molar-refractivity contribution in [3.8, 4) is 5.75 Å². The number of aromatic hydroxyl groups is 1. The van der Waals surface area contributed by atoms with Gasteiger partial charge in [0.15, 0.2) is 0 Å². The highest BCUT2D eigenvalue weighted by Crippen LogP contribution is 2.29. The van der Waals surface area contributed by atoms with Crippen LogP contribution in [0.1, 0.15) is 17.7 Å². The molecule has 0 saturated carbocycles. The third-order valence-electron chi connectivity index (χ3n) is 1.49. The lowest BCUT2D eigenvalue weighted by molar-refractivity contribution is 0.146. The average molecular weight is 254 g/mol. The number of alkyl halides is 3. The van der Waals surface area contributed by atoms with Gasteiger partial charge in [-0.25, -0.2) is 8.78 Å². The zero-order chi connectivity index (χ0) is 10.0.